The van der Waals surface area contributed by atoms with Gasteiger partial charge in [0.25, 0.3) is 0 Å². The number of amides is 1. The van der Waals surface area contributed by atoms with Gasteiger partial charge in [-0.2, -0.15) is 0 Å². The zero-order chi connectivity index (χ0) is 18.6. The summed E-state index contributed by atoms with van der Waals surface area (Å²) in [6.45, 7) is 2.42. The van der Waals surface area contributed by atoms with Gasteiger partial charge >= 0.3 is 0 Å². The highest BCUT2D eigenvalue weighted by Gasteiger charge is 2.53. The number of pyridine rings is 1. The minimum Gasteiger partial charge on any atom is -0.497 e. The molecule has 1 amide bonds. The smallest absolute Gasteiger partial charge is 0.233 e. The highest BCUT2D eigenvalue weighted by atomic mass is 16.5. The maximum absolute atomic E-state index is 13.5. The molecule has 1 aliphatic carbocycles. The average Bonchev–Trinajstić information content (AvgIpc) is 3.50. The lowest BCUT2D eigenvalue weighted by atomic mass is 9.93. The van der Waals surface area contributed by atoms with Crippen LogP contribution in [-0.4, -0.2) is 40.7 Å². The minimum absolute atomic E-state index is 0.0405. The van der Waals surface area contributed by atoms with Crippen molar-refractivity contribution in [3.63, 3.8) is 0 Å². The Balaban J connectivity index is 1.88. The number of aromatic nitrogens is 1. The van der Waals surface area contributed by atoms with Gasteiger partial charge in [-0.05, 0) is 48.6 Å². The Bertz CT molecular complexity index is 723. The van der Waals surface area contributed by atoms with Crippen LogP contribution < -0.4 is 4.74 Å². The van der Waals surface area contributed by atoms with Crippen LogP contribution in [0.15, 0.2) is 48.8 Å². The molecule has 1 saturated carbocycles. The fourth-order valence-electron chi connectivity index (χ4n) is 3.44. The number of rotatable bonds is 8. The summed E-state index contributed by atoms with van der Waals surface area (Å²) in [6, 6.07) is 11.4. The van der Waals surface area contributed by atoms with Crippen molar-refractivity contribution in [3.05, 3.63) is 59.9 Å². The van der Waals surface area contributed by atoms with Crippen molar-refractivity contribution in [2.75, 3.05) is 13.7 Å². The van der Waals surface area contributed by atoms with Crippen molar-refractivity contribution < 1.29 is 14.6 Å². The molecular weight excluding hydrogens is 328 g/mol. The predicted molar refractivity (Wildman–Crippen MR) is 99.9 cm³/mol. The van der Waals surface area contributed by atoms with E-state index in [0.29, 0.717) is 13.0 Å². The summed E-state index contributed by atoms with van der Waals surface area (Å²) in [6.07, 6.45) is 5.88. The molecule has 1 atom stereocenters. The number of hydrogen-bond acceptors (Lipinski definition) is 4. The van der Waals surface area contributed by atoms with E-state index in [9.17, 15) is 9.90 Å². The van der Waals surface area contributed by atoms with Crippen molar-refractivity contribution in [3.8, 4) is 5.75 Å². The fourth-order valence-corrected chi connectivity index (χ4v) is 3.44. The summed E-state index contributed by atoms with van der Waals surface area (Å²) >= 11 is 0. The maximum atomic E-state index is 13.5. The minimum atomic E-state index is -0.475. The molecule has 0 saturated heterocycles. The third kappa shape index (κ3) is 3.58. The lowest BCUT2D eigenvalue weighted by Gasteiger charge is -2.33. The number of hydrogen-bond donors (Lipinski definition) is 1. The summed E-state index contributed by atoms with van der Waals surface area (Å²) in [5, 5.41) is 9.82. The van der Waals surface area contributed by atoms with Crippen LogP contribution in [0, 0.1) is 0 Å². The maximum Gasteiger partial charge on any atom is 0.233 e. The summed E-state index contributed by atoms with van der Waals surface area (Å²) in [5.41, 5.74) is 1.52. The first-order valence-electron chi connectivity index (χ1n) is 9.10. The Hall–Kier alpha value is -2.40. The number of aliphatic hydroxyl groups excluding tert-OH is 1. The molecule has 0 bridgehead atoms. The molecular formula is C21H26N2O3. The van der Waals surface area contributed by atoms with Gasteiger partial charge in [0, 0.05) is 18.9 Å². The molecule has 1 fully saturated rings. The first-order valence-corrected chi connectivity index (χ1v) is 9.10. The van der Waals surface area contributed by atoms with E-state index in [-0.39, 0.29) is 18.6 Å². The molecule has 3 rings (SSSR count). The molecule has 0 unspecified atom stereocenters. The summed E-state index contributed by atoms with van der Waals surface area (Å²) in [7, 11) is 1.63. The standard InChI is InChI=1S/C21H26N2O3/c1-3-18(15-24)23(14-16-5-4-12-22-13-16)20(25)21(10-11-21)17-6-8-19(26-2)9-7-17/h4-9,12-13,18,24H,3,10-11,14-15H2,1-2H3/t18-/m1/s1. The van der Waals surface area contributed by atoms with Crippen molar-refractivity contribution in [2.24, 2.45) is 0 Å². The molecule has 1 aromatic heterocycles. The van der Waals surface area contributed by atoms with E-state index in [0.717, 1.165) is 29.7 Å². The number of methoxy groups -OCH3 is 1. The normalized spacial score (nSPS) is 16.0. The quantitative estimate of drug-likeness (QED) is 0.792. The molecule has 0 radical (unpaired) electrons. The monoisotopic (exact) mass is 354 g/mol. The second-order valence-corrected chi connectivity index (χ2v) is 6.85. The van der Waals surface area contributed by atoms with Crippen molar-refractivity contribution in [1.29, 1.82) is 0 Å². The average molecular weight is 354 g/mol. The molecule has 5 nitrogen and oxygen atoms in total. The van der Waals surface area contributed by atoms with Gasteiger partial charge in [0.15, 0.2) is 0 Å². The second kappa shape index (κ2) is 7.87. The number of aliphatic hydroxyl groups is 1. The van der Waals surface area contributed by atoms with Crippen LogP contribution in [0.25, 0.3) is 0 Å². The number of carbonyl (C=O) groups is 1. The molecule has 1 heterocycles. The van der Waals surface area contributed by atoms with E-state index in [2.05, 4.69) is 4.98 Å². The van der Waals surface area contributed by atoms with E-state index in [1.807, 2.05) is 48.2 Å². The molecule has 138 valence electrons. The molecule has 1 N–H and O–H groups in total. The highest BCUT2D eigenvalue weighted by Crippen LogP contribution is 2.50. The van der Waals surface area contributed by atoms with E-state index in [4.69, 9.17) is 4.74 Å². The third-order valence-electron chi connectivity index (χ3n) is 5.26. The van der Waals surface area contributed by atoms with Crippen molar-refractivity contribution in [1.82, 2.24) is 9.88 Å². The molecule has 0 spiro atoms. The SMILES string of the molecule is CC[C@H](CO)N(Cc1cccnc1)C(=O)C1(c2ccc(OC)cc2)CC1. The van der Waals surface area contributed by atoms with Gasteiger partial charge in [-0.15, -0.1) is 0 Å². The molecule has 1 aliphatic rings. The van der Waals surface area contributed by atoms with Gasteiger partial charge in [0.1, 0.15) is 5.75 Å². The highest BCUT2D eigenvalue weighted by molar-refractivity contribution is 5.91. The van der Waals surface area contributed by atoms with Crippen LogP contribution >= 0.6 is 0 Å². The molecule has 26 heavy (non-hydrogen) atoms. The summed E-state index contributed by atoms with van der Waals surface area (Å²) < 4.78 is 5.23. The number of benzene rings is 1. The molecule has 5 heteroatoms. The van der Waals surface area contributed by atoms with E-state index >= 15 is 0 Å². The molecule has 0 aliphatic heterocycles. The fraction of sp³-hybridized carbons (Fsp3) is 0.429. The van der Waals surface area contributed by atoms with Gasteiger partial charge in [0.2, 0.25) is 5.91 Å². The van der Waals surface area contributed by atoms with Gasteiger partial charge in [-0.3, -0.25) is 9.78 Å². The summed E-state index contributed by atoms with van der Waals surface area (Å²) in [5.74, 6) is 0.874. The van der Waals surface area contributed by atoms with Crippen LogP contribution in [0.5, 0.6) is 5.75 Å². The van der Waals surface area contributed by atoms with Crippen LogP contribution in [0.2, 0.25) is 0 Å². The lowest BCUT2D eigenvalue weighted by Crippen LogP contribution is -2.46. The predicted octanol–water partition coefficient (Wildman–Crippen LogP) is 2.92. The zero-order valence-electron chi connectivity index (χ0n) is 15.4. The van der Waals surface area contributed by atoms with Crippen LogP contribution in [0.4, 0.5) is 0 Å². The van der Waals surface area contributed by atoms with Gasteiger partial charge < -0.3 is 14.7 Å². The first-order chi connectivity index (χ1) is 12.6. The Labute approximate surface area is 154 Å². The van der Waals surface area contributed by atoms with E-state index in [1.165, 1.54) is 0 Å². The Morgan fingerprint density at radius 3 is 2.54 bits per heavy atom. The second-order valence-electron chi connectivity index (χ2n) is 6.85. The number of nitrogens with zero attached hydrogens (tertiary/aromatic N) is 2. The first kappa shape index (κ1) is 18.4. The Morgan fingerprint density at radius 1 is 1.31 bits per heavy atom. The molecule has 1 aromatic carbocycles. The lowest BCUT2D eigenvalue weighted by molar-refractivity contribution is -0.138. The van der Waals surface area contributed by atoms with E-state index < -0.39 is 5.41 Å². The van der Waals surface area contributed by atoms with E-state index in [1.54, 1.807) is 19.5 Å². The van der Waals surface area contributed by atoms with Crippen LogP contribution in [0.3, 0.4) is 0 Å². The third-order valence-corrected chi connectivity index (χ3v) is 5.26. The van der Waals surface area contributed by atoms with Gasteiger partial charge in [-0.25, -0.2) is 0 Å². The molecule has 2 aromatic rings. The zero-order valence-corrected chi connectivity index (χ0v) is 15.4. The van der Waals surface area contributed by atoms with Crippen LogP contribution in [-0.2, 0) is 16.8 Å². The summed E-state index contributed by atoms with van der Waals surface area (Å²) in [4.78, 5) is 19.5. The van der Waals surface area contributed by atoms with Crippen LogP contribution in [0.1, 0.15) is 37.3 Å². The number of ether oxygens (including phenoxy) is 1. The van der Waals surface area contributed by atoms with Crippen molar-refractivity contribution in [2.45, 2.75) is 44.2 Å². The Kier molecular flexibility index (Phi) is 5.57. The number of carbonyl (C=O) groups excluding carboxylic acids is 1. The topological polar surface area (TPSA) is 62.7 Å². The van der Waals surface area contributed by atoms with Gasteiger partial charge in [0.05, 0.1) is 25.2 Å². The largest absolute Gasteiger partial charge is 0.497 e. The van der Waals surface area contributed by atoms with Crippen molar-refractivity contribution >= 4 is 5.91 Å². The van der Waals surface area contributed by atoms with Gasteiger partial charge in [-0.1, -0.05) is 25.1 Å². The Morgan fingerprint density at radius 2 is 2.04 bits per heavy atom.